The zero-order chi connectivity index (χ0) is 23.6. The second-order valence-corrected chi connectivity index (χ2v) is 9.12. The molecular formula is C24H30FN3O4. The molecule has 0 aromatic heterocycles. The quantitative estimate of drug-likeness (QED) is 0.631. The monoisotopic (exact) mass is 443 g/mol. The molecule has 2 aliphatic heterocycles. The summed E-state index contributed by atoms with van der Waals surface area (Å²) in [5.41, 5.74) is 1.21. The third kappa shape index (κ3) is 5.24. The van der Waals surface area contributed by atoms with E-state index in [1.807, 2.05) is 6.08 Å². The first kappa shape index (κ1) is 23.7. The number of hydrogen-bond acceptors (Lipinski definition) is 6. The summed E-state index contributed by atoms with van der Waals surface area (Å²) in [7, 11) is 4.88. The summed E-state index contributed by atoms with van der Waals surface area (Å²) in [6.07, 6.45) is 6.87. The van der Waals surface area contributed by atoms with Gasteiger partial charge in [0, 0.05) is 43.7 Å². The van der Waals surface area contributed by atoms with Crippen molar-refractivity contribution in [2.24, 2.45) is 16.8 Å². The number of nitrogens with zero attached hydrogens (tertiary/aromatic N) is 3. The van der Waals surface area contributed by atoms with Crippen molar-refractivity contribution in [1.82, 2.24) is 9.80 Å². The molecule has 1 amide bonds. The molecule has 0 saturated carbocycles. The molecule has 1 aromatic carbocycles. The number of ether oxygens (including phenoxy) is 2. The van der Waals surface area contributed by atoms with Crippen molar-refractivity contribution < 1.29 is 23.5 Å². The number of carbonyl (C=O) groups is 2. The maximum atomic E-state index is 15.2. The molecular weight excluding hydrogens is 413 g/mol. The van der Waals surface area contributed by atoms with Crippen molar-refractivity contribution in [2.75, 3.05) is 27.7 Å². The Morgan fingerprint density at radius 1 is 1.28 bits per heavy atom. The number of allylic oxidation sites excluding steroid dienone is 2. The molecule has 7 nitrogen and oxygen atoms in total. The normalized spacial score (nSPS) is 20.3. The zero-order valence-corrected chi connectivity index (χ0v) is 19.4. The average molecular weight is 444 g/mol. The van der Waals surface area contributed by atoms with Crippen LogP contribution < -0.4 is 4.74 Å². The molecule has 8 heteroatoms. The first-order valence-electron chi connectivity index (χ1n) is 10.5. The molecule has 0 N–H and O–H groups in total. The fourth-order valence-corrected chi connectivity index (χ4v) is 3.91. The van der Waals surface area contributed by atoms with E-state index in [-0.39, 0.29) is 30.9 Å². The number of amides is 1. The van der Waals surface area contributed by atoms with Crippen LogP contribution in [-0.2, 0) is 20.9 Å². The second kappa shape index (κ2) is 9.24. The van der Waals surface area contributed by atoms with Gasteiger partial charge in [-0.1, -0.05) is 6.08 Å². The topological polar surface area (TPSA) is 71.4 Å². The fraction of sp³-hybridized carbons (Fsp3) is 0.458. The summed E-state index contributed by atoms with van der Waals surface area (Å²) in [6.45, 7) is 5.59. The van der Waals surface area contributed by atoms with E-state index in [4.69, 9.17) is 9.47 Å². The van der Waals surface area contributed by atoms with Crippen LogP contribution >= 0.6 is 0 Å². The molecule has 0 saturated heterocycles. The zero-order valence-electron chi connectivity index (χ0n) is 19.4. The first-order valence-corrected chi connectivity index (χ1v) is 10.5. The number of hydrogen-bond donors (Lipinski definition) is 0. The van der Waals surface area contributed by atoms with Gasteiger partial charge in [-0.3, -0.25) is 19.5 Å². The molecule has 0 aliphatic carbocycles. The van der Waals surface area contributed by atoms with E-state index < -0.39 is 17.3 Å². The standard InChI is InChI=1S/C24H30FN3O4/c1-24(2,3)32-22(29)14-27(4)12-19-20(25)9-15(10-21(19)31-6)18-13-28(5)23(30)17-11-26-8-7-16(17)18/h7-11,13,16-17H,12,14H2,1-6H3. The van der Waals surface area contributed by atoms with Crippen LogP contribution in [0.3, 0.4) is 0 Å². The lowest BCUT2D eigenvalue weighted by molar-refractivity contribution is -0.155. The molecule has 1 aromatic rings. The molecule has 0 fully saturated rings. The van der Waals surface area contributed by atoms with Crippen molar-refractivity contribution in [3.8, 4) is 5.75 Å². The molecule has 172 valence electrons. The highest BCUT2D eigenvalue weighted by molar-refractivity contribution is 6.00. The van der Waals surface area contributed by atoms with Gasteiger partial charge >= 0.3 is 5.97 Å². The maximum Gasteiger partial charge on any atom is 0.320 e. The van der Waals surface area contributed by atoms with Gasteiger partial charge in [-0.05, 0) is 51.1 Å². The van der Waals surface area contributed by atoms with E-state index in [0.717, 1.165) is 5.57 Å². The van der Waals surface area contributed by atoms with Crippen LogP contribution in [0.4, 0.5) is 4.39 Å². The summed E-state index contributed by atoms with van der Waals surface area (Å²) >= 11 is 0. The van der Waals surface area contributed by atoms with E-state index in [2.05, 4.69) is 4.99 Å². The van der Waals surface area contributed by atoms with Gasteiger partial charge in [0.1, 0.15) is 17.2 Å². The molecule has 2 atom stereocenters. The van der Waals surface area contributed by atoms with Crippen LogP contribution in [0.5, 0.6) is 5.75 Å². The van der Waals surface area contributed by atoms with Crippen molar-refractivity contribution in [3.63, 3.8) is 0 Å². The Labute approximate surface area is 188 Å². The van der Waals surface area contributed by atoms with E-state index in [9.17, 15) is 9.59 Å². The summed E-state index contributed by atoms with van der Waals surface area (Å²) in [5, 5.41) is 0. The largest absolute Gasteiger partial charge is 0.496 e. The molecule has 32 heavy (non-hydrogen) atoms. The predicted molar refractivity (Wildman–Crippen MR) is 120 cm³/mol. The van der Waals surface area contributed by atoms with Crippen molar-refractivity contribution in [1.29, 1.82) is 0 Å². The number of carbonyl (C=O) groups excluding carboxylic acids is 2. The smallest absolute Gasteiger partial charge is 0.320 e. The van der Waals surface area contributed by atoms with Gasteiger partial charge in [0.2, 0.25) is 5.91 Å². The van der Waals surface area contributed by atoms with Gasteiger partial charge in [-0.25, -0.2) is 4.39 Å². The number of likely N-dealkylation sites (N-methyl/N-ethyl adjacent to an activating group) is 1. The van der Waals surface area contributed by atoms with Gasteiger partial charge in [0.25, 0.3) is 0 Å². The van der Waals surface area contributed by atoms with Crippen molar-refractivity contribution in [2.45, 2.75) is 32.9 Å². The van der Waals surface area contributed by atoms with Crippen LogP contribution in [0.1, 0.15) is 31.9 Å². The van der Waals surface area contributed by atoms with Crippen LogP contribution in [0.15, 0.2) is 35.6 Å². The highest BCUT2D eigenvalue weighted by atomic mass is 19.1. The summed E-state index contributed by atoms with van der Waals surface area (Å²) in [6, 6.07) is 3.22. The fourth-order valence-electron chi connectivity index (χ4n) is 3.91. The lowest BCUT2D eigenvalue weighted by atomic mass is 9.79. The molecule has 3 rings (SSSR count). The Morgan fingerprint density at radius 2 is 2.00 bits per heavy atom. The number of esters is 1. The minimum absolute atomic E-state index is 0.0214. The third-order valence-corrected chi connectivity index (χ3v) is 5.29. The summed E-state index contributed by atoms with van der Waals surface area (Å²) in [5.74, 6) is -1.14. The summed E-state index contributed by atoms with van der Waals surface area (Å²) in [4.78, 5) is 31.9. The maximum absolute atomic E-state index is 15.2. The van der Waals surface area contributed by atoms with Gasteiger partial charge in [-0.15, -0.1) is 0 Å². The lowest BCUT2D eigenvalue weighted by Gasteiger charge is -2.33. The van der Waals surface area contributed by atoms with Crippen LogP contribution in [0.25, 0.3) is 5.57 Å². The van der Waals surface area contributed by atoms with Gasteiger partial charge in [-0.2, -0.15) is 0 Å². The number of rotatable bonds is 6. The number of halogens is 1. The molecule has 2 unspecified atom stereocenters. The number of benzene rings is 1. The Balaban J connectivity index is 1.86. The summed E-state index contributed by atoms with van der Waals surface area (Å²) < 4.78 is 26.1. The van der Waals surface area contributed by atoms with Crippen LogP contribution in [-0.4, -0.2) is 61.2 Å². The van der Waals surface area contributed by atoms with Crippen LogP contribution in [0.2, 0.25) is 0 Å². The van der Waals surface area contributed by atoms with E-state index in [1.54, 1.807) is 64.4 Å². The number of fused-ring (bicyclic) bond motifs is 1. The van der Waals surface area contributed by atoms with E-state index in [1.165, 1.54) is 18.1 Å². The van der Waals surface area contributed by atoms with E-state index >= 15 is 4.39 Å². The Morgan fingerprint density at radius 3 is 2.66 bits per heavy atom. The van der Waals surface area contributed by atoms with Crippen molar-refractivity contribution in [3.05, 3.63) is 47.6 Å². The lowest BCUT2D eigenvalue weighted by Crippen LogP contribution is -2.39. The Bertz CT molecular complexity index is 994. The molecule has 0 radical (unpaired) electrons. The highest BCUT2D eigenvalue weighted by Gasteiger charge is 2.36. The number of aliphatic imine (C=N–C) groups is 1. The molecule has 0 spiro atoms. The third-order valence-electron chi connectivity index (χ3n) is 5.29. The Kier molecular flexibility index (Phi) is 6.83. The van der Waals surface area contributed by atoms with Gasteiger partial charge in [0.15, 0.2) is 0 Å². The molecule has 2 heterocycles. The SMILES string of the molecule is COc1cc(C2=CN(C)C(=O)C3C=NC=CC23)cc(F)c1CN(C)CC(=O)OC(C)(C)C. The van der Waals surface area contributed by atoms with Crippen molar-refractivity contribution >= 4 is 23.7 Å². The Hall–Kier alpha value is -3.00. The van der Waals surface area contributed by atoms with Gasteiger partial charge in [0.05, 0.1) is 19.6 Å². The molecule has 0 bridgehead atoms. The van der Waals surface area contributed by atoms with E-state index in [0.29, 0.717) is 16.9 Å². The molecule has 2 aliphatic rings. The average Bonchev–Trinajstić information content (AvgIpc) is 2.70. The number of methoxy groups -OCH3 is 1. The minimum atomic E-state index is -0.582. The first-order chi connectivity index (χ1) is 15.0. The second-order valence-electron chi connectivity index (χ2n) is 9.12. The van der Waals surface area contributed by atoms with Crippen LogP contribution in [0, 0.1) is 17.7 Å². The van der Waals surface area contributed by atoms with Gasteiger partial charge < -0.3 is 14.4 Å². The minimum Gasteiger partial charge on any atom is -0.496 e. The predicted octanol–water partition coefficient (Wildman–Crippen LogP) is 3.25. The highest BCUT2D eigenvalue weighted by Crippen LogP contribution is 2.39.